The molecule has 2 N–H and O–H groups in total. The smallest absolute Gasteiger partial charge is 0.269 e. The normalized spacial score (nSPS) is 10.5. The van der Waals surface area contributed by atoms with Gasteiger partial charge >= 0.3 is 0 Å². The maximum Gasteiger partial charge on any atom is 0.269 e. The fourth-order valence-corrected chi connectivity index (χ4v) is 2.15. The SMILES string of the molecule is CCCOc1ccc(C(=O)NNC(=O)/C=C/c2ccccc2F)cc1OC. The lowest BCUT2D eigenvalue weighted by atomic mass is 10.2. The number of methoxy groups -OCH3 is 1. The quantitative estimate of drug-likeness (QED) is 0.578. The van der Waals surface area contributed by atoms with Gasteiger partial charge in [-0.3, -0.25) is 20.4 Å². The van der Waals surface area contributed by atoms with Gasteiger partial charge in [0.05, 0.1) is 13.7 Å². The van der Waals surface area contributed by atoms with E-state index >= 15 is 0 Å². The Hall–Kier alpha value is -3.35. The third-order valence-electron chi connectivity index (χ3n) is 3.51. The number of carbonyl (C=O) groups excluding carboxylic acids is 2. The monoisotopic (exact) mass is 372 g/mol. The summed E-state index contributed by atoms with van der Waals surface area (Å²) in [4.78, 5) is 23.9. The molecule has 0 unspecified atom stereocenters. The van der Waals surface area contributed by atoms with Crippen molar-refractivity contribution in [3.05, 3.63) is 65.5 Å². The van der Waals surface area contributed by atoms with E-state index in [0.29, 0.717) is 18.1 Å². The zero-order valence-corrected chi connectivity index (χ0v) is 15.1. The van der Waals surface area contributed by atoms with Gasteiger partial charge < -0.3 is 9.47 Å². The first kappa shape index (κ1) is 20.0. The molecule has 0 saturated carbocycles. The van der Waals surface area contributed by atoms with E-state index in [1.54, 1.807) is 24.3 Å². The van der Waals surface area contributed by atoms with Crippen molar-refractivity contribution in [1.29, 1.82) is 0 Å². The van der Waals surface area contributed by atoms with Gasteiger partial charge in [0.2, 0.25) is 0 Å². The topological polar surface area (TPSA) is 76.7 Å². The lowest BCUT2D eigenvalue weighted by Crippen LogP contribution is -2.40. The second kappa shape index (κ2) is 9.96. The molecule has 0 heterocycles. The van der Waals surface area contributed by atoms with Gasteiger partial charge in [0, 0.05) is 17.2 Å². The Labute approximate surface area is 157 Å². The van der Waals surface area contributed by atoms with Crippen molar-refractivity contribution in [2.45, 2.75) is 13.3 Å². The molecule has 0 aliphatic carbocycles. The van der Waals surface area contributed by atoms with Crippen LogP contribution in [-0.4, -0.2) is 25.5 Å². The van der Waals surface area contributed by atoms with E-state index in [1.165, 1.54) is 31.4 Å². The van der Waals surface area contributed by atoms with Gasteiger partial charge in [0.1, 0.15) is 5.82 Å². The lowest BCUT2D eigenvalue weighted by molar-refractivity contribution is -0.117. The predicted octanol–water partition coefficient (Wildman–Crippen LogP) is 3.10. The summed E-state index contributed by atoms with van der Waals surface area (Å²) in [6, 6.07) is 10.7. The minimum absolute atomic E-state index is 0.270. The number of hydrazine groups is 1. The molecule has 2 amide bonds. The largest absolute Gasteiger partial charge is 0.493 e. The van der Waals surface area contributed by atoms with Crippen LogP contribution in [0.5, 0.6) is 11.5 Å². The van der Waals surface area contributed by atoms with Crippen LogP contribution in [0.25, 0.3) is 6.08 Å². The summed E-state index contributed by atoms with van der Waals surface area (Å²) in [7, 11) is 1.48. The molecule has 142 valence electrons. The Kier molecular flexibility index (Phi) is 7.37. The second-order valence-electron chi connectivity index (χ2n) is 5.51. The Bertz CT molecular complexity index is 836. The Balaban J connectivity index is 1.95. The molecule has 0 atom stereocenters. The van der Waals surface area contributed by atoms with Gasteiger partial charge in [-0.05, 0) is 36.8 Å². The van der Waals surface area contributed by atoms with Crippen LogP contribution in [0.15, 0.2) is 48.5 Å². The maximum atomic E-state index is 13.5. The van der Waals surface area contributed by atoms with Crippen LogP contribution in [0.1, 0.15) is 29.3 Å². The number of halogens is 1. The van der Waals surface area contributed by atoms with E-state index in [-0.39, 0.29) is 11.1 Å². The fourth-order valence-electron chi connectivity index (χ4n) is 2.15. The van der Waals surface area contributed by atoms with Crippen LogP contribution in [0.4, 0.5) is 4.39 Å². The van der Waals surface area contributed by atoms with Crippen molar-refractivity contribution < 1.29 is 23.5 Å². The summed E-state index contributed by atoms with van der Waals surface area (Å²) in [6.45, 7) is 2.52. The predicted molar refractivity (Wildman–Crippen MR) is 99.8 cm³/mol. The summed E-state index contributed by atoms with van der Waals surface area (Å²) in [6.07, 6.45) is 3.29. The first-order valence-electron chi connectivity index (χ1n) is 8.39. The molecule has 6 nitrogen and oxygen atoms in total. The molecule has 2 aromatic rings. The Morgan fingerprint density at radius 3 is 2.59 bits per heavy atom. The average Bonchev–Trinajstić information content (AvgIpc) is 2.69. The zero-order chi connectivity index (χ0) is 19.6. The highest BCUT2D eigenvalue weighted by molar-refractivity contribution is 5.98. The van der Waals surface area contributed by atoms with Gasteiger partial charge in [0.25, 0.3) is 11.8 Å². The molecule has 2 rings (SSSR count). The van der Waals surface area contributed by atoms with E-state index in [1.807, 2.05) is 6.92 Å². The van der Waals surface area contributed by atoms with Gasteiger partial charge in [0.15, 0.2) is 11.5 Å². The highest BCUT2D eigenvalue weighted by Crippen LogP contribution is 2.28. The molecule has 0 spiro atoms. The molecule has 2 aromatic carbocycles. The average molecular weight is 372 g/mol. The number of ether oxygens (including phenoxy) is 2. The molecule has 7 heteroatoms. The molecule has 0 bridgehead atoms. The van der Waals surface area contributed by atoms with Crippen molar-refractivity contribution in [1.82, 2.24) is 10.9 Å². The van der Waals surface area contributed by atoms with Crippen molar-refractivity contribution in [2.24, 2.45) is 0 Å². The summed E-state index contributed by atoms with van der Waals surface area (Å²) < 4.78 is 24.2. The molecule has 0 saturated heterocycles. The number of carbonyl (C=O) groups is 2. The van der Waals surface area contributed by atoms with Gasteiger partial charge in [-0.15, -0.1) is 0 Å². The number of nitrogens with one attached hydrogen (secondary N) is 2. The minimum Gasteiger partial charge on any atom is -0.493 e. The molecule has 0 aliphatic heterocycles. The van der Waals surface area contributed by atoms with E-state index in [4.69, 9.17) is 9.47 Å². The van der Waals surface area contributed by atoms with Crippen LogP contribution in [0.2, 0.25) is 0 Å². The Morgan fingerprint density at radius 2 is 1.89 bits per heavy atom. The summed E-state index contributed by atoms with van der Waals surface area (Å²) >= 11 is 0. The van der Waals surface area contributed by atoms with Gasteiger partial charge in [-0.2, -0.15) is 0 Å². The number of hydrogen-bond acceptors (Lipinski definition) is 4. The van der Waals surface area contributed by atoms with Crippen LogP contribution in [0, 0.1) is 5.82 Å². The van der Waals surface area contributed by atoms with Gasteiger partial charge in [-0.1, -0.05) is 25.1 Å². The van der Waals surface area contributed by atoms with Gasteiger partial charge in [-0.25, -0.2) is 4.39 Å². The van der Waals surface area contributed by atoms with Crippen LogP contribution < -0.4 is 20.3 Å². The standard InChI is InChI=1S/C20H21FN2O4/c1-3-12-27-17-10-8-15(13-18(17)26-2)20(25)23-22-19(24)11-9-14-6-4-5-7-16(14)21/h4-11,13H,3,12H2,1-2H3,(H,22,24)(H,23,25)/b11-9+. The molecule has 0 radical (unpaired) electrons. The summed E-state index contributed by atoms with van der Waals surface area (Å²) in [5.74, 6) is -0.609. The van der Waals surface area contributed by atoms with Crippen molar-refractivity contribution >= 4 is 17.9 Å². The molecular formula is C20H21FN2O4. The molecular weight excluding hydrogens is 351 g/mol. The third-order valence-corrected chi connectivity index (χ3v) is 3.51. The Morgan fingerprint density at radius 1 is 1.11 bits per heavy atom. The molecule has 0 aromatic heterocycles. The summed E-state index contributed by atoms with van der Waals surface area (Å²) in [5, 5.41) is 0. The first-order valence-corrected chi connectivity index (χ1v) is 8.39. The fraction of sp³-hybridized carbons (Fsp3) is 0.200. The van der Waals surface area contributed by atoms with Crippen molar-refractivity contribution in [2.75, 3.05) is 13.7 Å². The molecule has 0 fully saturated rings. The highest BCUT2D eigenvalue weighted by Gasteiger charge is 2.11. The molecule has 0 aliphatic rings. The number of amides is 2. The molecule has 27 heavy (non-hydrogen) atoms. The minimum atomic E-state index is -0.596. The van der Waals surface area contributed by atoms with E-state index < -0.39 is 17.6 Å². The van der Waals surface area contributed by atoms with Crippen molar-refractivity contribution in [3.8, 4) is 11.5 Å². The third kappa shape index (κ3) is 5.85. The van der Waals surface area contributed by atoms with Crippen molar-refractivity contribution in [3.63, 3.8) is 0 Å². The lowest BCUT2D eigenvalue weighted by Gasteiger charge is -2.12. The summed E-state index contributed by atoms with van der Waals surface area (Å²) in [5.41, 5.74) is 5.08. The number of hydrogen-bond donors (Lipinski definition) is 2. The van der Waals surface area contributed by atoms with E-state index in [9.17, 15) is 14.0 Å². The highest BCUT2D eigenvalue weighted by atomic mass is 19.1. The van der Waals surface area contributed by atoms with Crippen LogP contribution in [0.3, 0.4) is 0 Å². The number of benzene rings is 2. The second-order valence-corrected chi connectivity index (χ2v) is 5.51. The van der Waals surface area contributed by atoms with E-state index in [0.717, 1.165) is 12.5 Å². The maximum absolute atomic E-state index is 13.5. The van der Waals surface area contributed by atoms with E-state index in [2.05, 4.69) is 10.9 Å². The zero-order valence-electron chi connectivity index (χ0n) is 15.1. The van der Waals surface area contributed by atoms with Crippen LogP contribution >= 0.6 is 0 Å². The van der Waals surface area contributed by atoms with Crippen LogP contribution in [-0.2, 0) is 4.79 Å². The number of rotatable bonds is 7. The first-order chi connectivity index (χ1) is 13.0.